The van der Waals surface area contributed by atoms with Crippen LogP contribution in [0.2, 0.25) is 0 Å². The average Bonchev–Trinajstić information content (AvgIpc) is 2.16. The van der Waals surface area contributed by atoms with E-state index >= 15 is 0 Å². The van der Waals surface area contributed by atoms with Crippen LogP contribution in [0.3, 0.4) is 0 Å². The van der Waals surface area contributed by atoms with Crippen molar-refractivity contribution in [3.05, 3.63) is 22.2 Å². The molecular formula is C8H9NO5. The van der Waals surface area contributed by atoms with E-state index in [0.29, 0.717) is 0 Å². The molecule has 0 saturated heterocycles. The molecule has 0 bridgehead atoms. The third-order valence-electron chi connectivity index (χ3n) is 1.68. The monoisotopic (exact) mass is 199 g/mol. The molecule has 0 fully saturated rings. The van der Waals surface area contributed by atoms with Crippen molar-refractivity contribution in [2.75, 3.05) is 14.2 Å². The second-order valence-corrected chi connectivity index (χ2v) is 2.43. The second kappa shape index (κ2) is 3.82. The van der Waals surface area contributed by atoms with Crippen molar-refractivity contribution in [2.45, 2.75) is 0 Å². The summed E-state index contributed by atoms with van der Waals surface area (Å²) in [5.41, 5.74) is -0.494. The molecule has 0 heterocycles. The lowest BCUT2D eigenvalue weighted by Gasteiger charge is -2.07. The van der Waals surface area contributed by atoms with Gasteiger partial charge in [-0.2, -0.15) is 0 Å². The molecule has 14 heavy (non-hydrogen) atoms. The number of nitrogens with zero attached hydrogens (tertiary/aromatic N) is 1. The van der Waals surface area contributed by atoms with Crippen LogP contribution in [0.1, 0.15) is 0 Å². The second-order valence-electron chi connectivity index (χ2n) is 2.43. The Morgan fingerprint density at radius 3 is 2.43 bits per heavy atom. The highest BCUT2D eigenvalue weighted by Crippen LogP contribution is 2.42. The molecule has 1 rings (SSSR count). The van der Waals surface area contributed by atoms with E-state index in [-0.39, 0.29) is 11.5 Å². The van der Waals surface area contributed by atoms with Crippen LogP contribution in [-0.2, 0) is 0 Å². The van der Waals surface area contributed by atoms with Gasteiger partial charge in [0.05, 0.1) is 19.1 Å². The van der Waals surface area contributed by atoms with E-state index in [1.54, 1.807) is 0 Å². The lowest BCUT2D eigenvalue weighted by Crippen LogP contribution is -1.97. The molecule has 0 saturated carbocycles. The summed E-state index contributed by atoms with van der Waals surface area (Å²) in [4.78, 5) is 9.85. The van der Waals surface area contributed by atoms with Crippen molar-refractivity contribution in [3.63, 3.8) is 0 Å². The standard InChI is InChI=1S/C8H9NO5/c1-13-6-4-3-5(10)7(9(11)12)8(6)14-2/h3-4,10H,1-2H3. The summed E-state index contributed by atoms with van der Waals surface area (Å²) in [5, 5.41) is 19.8. The lowest BCUT2D eigenvalue weighted by atomic mass is 10.2. The fraction of sp³-hybridized carbons (Fsp3) is 0.250. The minimum absolute atomic E-state index is 0.0856. The Kier molecular flexibility index (Phi) is 2.76. The molecule has 1 aromatic carbocycles. The van der Waals surface area contributed by atoms with E-state index in [4.69, 9.17) is 9.47 Å². The Bertz CT molecular complexity index is 363. The van der Waals surface area contributed by atoms with E-state index < -0.39 is 16.4 Å². The minimum atomic E-state index is -0.726. The topological polar surface area (TPSA) is 81.8 Å². The summed E-state index contributed by atoms with van der Waals surface area (Å²) < 4.78 is 9.62. The van der Waals surface area contributed by atoms with Crippen molar-refractivity contribution in [1.82, 2.24) is 0 Å². The zero-order valence-corrected chi connectivity index (χ0v) is 7.68. The average molecular weight is 199 g/mol. The summed E-state index contributed by atoms with van der Waals surface area (Å²) in [6.07, 6.45) is 0. The van der Waals surface area contributed by atoms with Crippen LogP contribution in [0.25, 0.3) is 0 Å². The van der Waals surface area contributed by atoms with Crippen molar-refractivity contribution in [1.29, 1.82) is 0 Å². The molecule has 0 aliphatic heterocycles. The van der Waals surface area contributed by atoms with Crippen LogP contribution in [-0.4, -0.2) is 24.2 Å². The molecule has 0 radical (unpaired) electrons. The van der Waals surface area contributed by atoms with E-state index in [1.807, 2.05) is 0 Å². The van der Waals surface area contributed by atoms with Crippen molar-refractivity contribution < 1.29 is 19.5 Å². The Morgan fingerprint density at radius 2 is 2.00 bits per heavy atom. The van der Waals surface area contributed by atoms with Gasteiger partial charge in [0, 0.05) is 0 Å². The summed E-state index contributed by atoms with van der Waals surface area (Å²) in [6, 6.07) is 2.57. The summed E-state index contributed by atoms with van der Waals surface area (Å²) >= 11 is 0. The van der Waals surface area contributed by atoms with Crippen molar-refractivity contribution >= 4 is 5.69 Å². The zero-order valence-electron chi connectivity index (χ0n) is 7.68. The van der Waals surface area contributed by atoms with Crippen LogP contribution in [0.15, 0.2) is 12.1 Å². The number of nitro benzene ring substituents is 1. The van der Waals surface area contributed by atoms with Gasteiger partial charge in [0.25, 0.3) is 0 Å². The Hall–Kier alpha value is -1.98. The number of benzene rings is 1. The lowest BCUT2D eigenvalue weighted by molar-refractivity contribution is -0.386. The summed E-state index contributed by atoms with van der Waals surface area (Å²) in [6.45, 7) is 0. The van der Waals surface area contributed by atoms with Crippen LogP contribution in [0, 0.1) is 10.1 Å². The first kappa shape index (κ1) is 10.1. The van der Waals surface area contributed by atoms with Crippen LogP contribution < -0.4 is 9.47 Å². The Balaban J connectivity index is 3.42. The molecule has 6 heteroatoms. The molecule has 76 valence electrons. The van der Waals surface area contributed by atoms with Gasteiger partial charge in [0.1, 0.15) is 0 Å². The van der Waals surface area contributed by atoms with Gasteiger partial charge in [-0.05, 0) is 12.1 Å². The number of nitro groups is 1. The molecule has 1 aromatic rings. The van der Waals surface area contributed by atoms with Gasteiger partial charge in [0.15, 0.2) is 11.5 Å². The first-order valence-corrected chi connectivity index (χ1v) is 3.70. The number of rotatable bonds is 3. The quantitative estimate of drug-likeness (QED) is 0.586. The number of phenols is 1. The molecule has 6 nitrogen and oxygen atoms in total. The van der Waals surface area contributed by atoms with E-state index in [2.05, 4.69) is 0 Å². The highest BCUT2D eigenvalue weighted by molar-refractivity contribution is 5.63. The number of phenolic OH excluding ortho intramolecular Hbond substituents is 1. The Labute approximate surface area is 79.8 Å². The van der Waals surface area contributed by atoms with Crippen LogP contribution >= 0.6 is 0 Å². The predicted octanol–water partition coefficient (Wildman–Crippen LogP) is 1.32. The van der Waals surface area contributed by atoms with Gasteiger partial charge in [-0.1, -0.05) is 0 Å². The van der Waals surface area contributed by atoms with Gasteiger partial charge < -0.3 is 14.6 Å². The first-order valence-electron chi connectivity index (χ1n) is 3.70. The molecule has 0 unspecified atom stereocenters. The van der Waals surface area contributed by atoms with E-state index in [0.717, 1.165) is 0 Å². The van der Waals surface area contributed by atoms with Gasteiger partial charge in [0.2, 0.25) is 5.75 Å². The SMILES string of the molecule is COc1ccc(O)c([N+](=O)[O-])c1OC. The van der Waals surface area contributed by atoms with Gasteiger partial charge in [-0.15, -0.1) is 0 Å². The largest absolute Gasteiger partial charge is 0.502 e. The predicted molar refractivity (Wildman–Crippen MR) is 47.9 cm³/mol. The van der Waals surface area contributed by atoms with Crippen LogP contribution in [0.5, 0.6) is 17.2 Å². The van der Waals surface area contributed by atoms with E-state index in [9.17, 15) is 15.2 Å². The number of ether oxygens (including phenoxy) is 2. The third kappa shape index (κ3) is 1.54. The van der Waals surface area contributed by atoms with Gasteiger partial charge in [-0.25, -0.2) is 0 Å². The smallest absolute Gasteiger partial charge is 0.356 e. The molecule has 0 aromatic heterocycles. The molecule has 0 atom stereocenters. The maximum absolute atomic E-state index is 10.6. The minimum Gasteiger partial charge on any atom is -0.502 e. The molecule has 0 spiro atoms. The van der Waals surface area contributed by atoms with Gasteiger partial charge in [-0.3, -0.25) is 10.1 Å². The van der Waals surface area contributed by atoms with Crippen molar-refractivity contribution in [2.24, 2.45) is 0 Å². The number of methoxy groups -OCH3 is 2. The highest BCUT2D eigenvalue weighted by atomic mass is 16.6. The van der Waals surface area contributed by atoms with Gasteiger partial charge >= 0.3 is 5.69 Å². The molecular weight excluding hydrogens is 190 g/mol. The fourth-order valence-electron chi connectivity index (χ4n) is 1.08. The molecule has 1 N–H and O–H groups in total. The first-order chi connectivity index (χ1) is 6.61. The molecule has 0 aliphatic carbocycles. The van der Waals surface area contributed by atoms with Crippen molar-refractivity contribution in [3.8, 4) is 17.2 Å². The maximum atomic E-state index is 10.6. The van der Waals surface area contributed by atoms with Crippen LogP contribution in [0.4, 0.5) is 5.69 Å². The number of hydrogen-bond acceptors (Lipinski definition) is 5. The number of aromatic hydroxyl groups is 1. The molecule has 0 amide bonds. The van der Waals surface area contributed by atoms with E-state index in [1.165, 1.54) is 26.4 Å². The number of hydrogen-bond donors (Lipinski definition) is 1. The highest BCUT2D eigenvalue weighted by Gasteiger charge is 2.24. The normalized spacial score (nSPS) is 9.57. The maximum Gasteiger partial charge on any atom is 0.356 e. The zero-order chi connectivity index (χ0) is 10.7. The molecule has 0 aliphatic rings. The Morgan fingerprint density at radius 1 is 1.36 bits per heavy atom. The fourth-order valence-corrected chi connectivity index (χ4v) is 1.08. The summed E-state index contributed by atoms with van der Waals surface area (Å²) in [7, 11) is 2.63. The summed E-state index contributed by atoms with van der Waals surface area (Å²) in [5.74, 6) is -0.331. The third-order valence-corrected chi connectivity index (χ3v) is 1.68.